The van der Waals surface area contributed by atoms with E-state index in [2.05, 4.69) is 15.3 Å². The Labute approximate surface area is 182 Å². The maximum absolute atomic E-state index is 13.5. The number of carbonyl (C=O) groups excluding carboxylic acids is 1. The molecule has 0 unspecified atom stereocenters. The van der Waals surface area contributed by atoms with Crippen LogP contribution in [0.5, 0.6) is 0 Å². The van der Waals surface area contributed by atoms with Crippen molar-refractivity contribution in [1.82, 2.24) is 19.6 Å². The van der Waals surface area contributed by atoms with E-state index in [-0.39, 0.29) is 29.9 Å². The summed E-state index contributed by atoms with van der Waals surface area (Å²) in [4.78, 5) is 21.2. The minimum Gasteiger partial charge on any atom is -0.350 e. The van der Waals surface area contributed by atoms with Crippen molar-refractivity contribution in [2.75, 3.05) is 6.54 Å². The minimum absolute atomic E-state index is 0.128. The Hall–Kier alpha value is -3.10. The summed E-state index contributed by atoms with van der Waals surface area (Å²) in [7, 11) is -3.76. The van der Waals surface area contributed by atoms with E-state index in [0.29, 0.717) is 18.5 Å². The van der Waals surface area contributed by atoms with E-state index in [4.69, 9.17) is 0 Å². The summed E-state index contributed by atoms with van der Waals surface area (Å²) >= 11 is 0. The average Bonchev–Trinajstić information content (AvgIpc) is 2.84. The van der Waals surface area contributed by atoms with Gasteiger partial charge >= 0.3 is 0 Å². The molecule has 0 radical (unpaired) electrons. The molecule has 7 nitrogen and oxygen atoms in total. The third kappa shape index (κ3) is 4.81. The zero-order valence-electron chi connectivity index (χ0n) is 17.0. The first-order valence-electron chi connectivity index (χ1n) is 10.2. The lowest BCUT2D eigenvalue weighted by molar-refractivity contribution is -0.126. The lowest BCUT2D eigenvalue weighted by atomic mass is 9.90. The largest absolute Gasteiger partial charge is 0.350 e. The van der Waals surface area contributed by atoms with Crippen molar-refractivity contribution in [2.24, 2.45) is 5.92 Å². The number of sulfonamides is 1. The third-order valence-corrected chi connectivity index (χ3v) is 7.39. The molecule has 1 aromatic heterocycles. The Balaban J connectivity index is 1.57. The standard InChI is InChI=1S/C23H24N4O3S/c28-23(26-16-20-15-24-13-14-25-20)19-11-12-22(18-7-3-1-4-8-18)27(17-19)31(29,30)21-9-5-2-6-10-21/h1-10,13-15,19,22H,11-12,16-17H2,(H,26,28)/t19-,22-/m1/s1. The Morgan fingerprint density at radius 3 is 2.39 bits per heavy atom. The molecule has 0 aliphatic carbocycles. The number of aromatic nitrogens is 2. The van der Waals surface area contributed by atoms with Gasteiger partial charge in [-0.15, -0.1) is 0 Å². The zero-order valence-corrected chi connectivity index (χ0v) is 17.8. The first-order chi connectivity index (χ1) is 15.1. The van der Waals surface area contributed by atoms with Crippen LogP contribution in [0.3, 0.4) is 0 Å². The van der Waals surface area contributed by atoms with Crippen LogP contribution in [-0.2, 0) is 21.4 Å². The highest BCUT2D eigenvalue weighted by molar-refractivity contribution is 7.89. The molecule has 31 heavy (non-hydrogen) atoms. The number of amides is 1. The molecule has 8 heteroatoms. The molecule has 1 amide bonds. The first kappa shape index (κ1) is 21.1. The van der Waals surface area contributed by atoms with E-state index in [1.165, 1.54) is 4.31 Å². The maximum Gasteiger partial charge on any atom is 0.243 e. The minimum atomic E-state index is -3.76. The second-order valence-electron chi connectivity index (χ2n) is 7.50. The van der Waals surface area contributed by atoms with Gasteiger partial charge in [-0.1, -0.05) is 48.5 Å². The Morgan fingerprint density at radius 2 is 1.71 bits per heavy atom. The Bertz CT molecular complexity index is 1110. The van der Waals surface area contributed by atoms with Gasteiger partial charge in [0.1, 0.15) is 0 Å². The highest BCUT2D eigenvalue weighted by atomic mass is 32.2. The predicted octanol–water partition coefficient (Wildman–Crippen LogP) is 2.94. The van der Waals surface area contributed by atoms with Crippen LogP contribution >= 0.6 is 0 Å². The molecule has 3 aromatic rings. The van der Waals surface area contributed by atoms with E-state index in [1.54, 1.807) is 48.9 Å². The molecule has 2 heterocycles. The van der Waals surface area contributed by atoms with Gasteiger partial charge in [0.2, 0.25) is 15.9 Å². The first-order valence-corrected chi connectivity index (χ1v) is 11.6. The van der Waals surface area contributed by atoms with Crippen molar-refractivity contribution < 1.29 is 13.2 Å². The molecular weight excluding hydrogens is 412 g/mol. The maximum atomic E-state index is 13.5. The molecule has 1 fully saturated rings. The molecule has 1 N–H and O–H groups in total. The zero-order chi connectivity index (χ0) is 21.7. The fourth-order valence-corrected chi connectivity index (χ4v) is 5.61. The fraction of sp³-hybridized carbons (Fsp3) is 0.261. The second kappa shape index (κ2) is 9.36. The van der Waals surface area contributed by atoms with Gasteiger partial charge in [-0.2, -0.15) is 4.31 Å². The van der Waals surface area contributed by atoms with Gasteiger partial charge in [0.25, 0.3) is 0 Å². The molecule has 1 saturated heterocycles. The Morgan fingerprint density at radius 1 is 1.00 bits per heavy atom. The highest BCUT2D eigenvalue weighted by Gasteiger charge is 2.39. The molecule has 0 saturated carbocycles. The molecule has 4 rings (SSSR count). The molecular formula is C23H24N4O3S. The Kier molecular flexibility index (Phi) is 6.39. The normalized spacial score (nSPS) is 19.6. The van der Waals surface area contributed by atoms with E-state index in [0.717, 1.165) is 5.56 Å². The number of nitrogens with zero attached hydrogens (tertiary/aromatic N) is 3. The summed E-state index contributed by atoms with van der Waals surface area (Å²) in [6, 6.07) is 17.7. The van der Waals surface area contributed by atoms with Crippen LogP contribution in [0, 0.1) is 5.92 Å². The third-order valence-electron chi connectivity index (χ3n) is 5.50. The van der Waals surface area contributed by atoms with Crippen molar-refractivity contribution in [3.05, 3.63) is 90.5 Å². The van der Waals surface area contributed by atoms with Gasteiger partial charge < -0.3 is 5.32 Å². The van der Waals surface area contributed by atoms with Crippen molar-refractivity contribution in [2.45, 2.75) is 30.3 Å². The van der Waals surface area contributed by atoms with Crippen LogP contribution in [0.25, 0.3) is 0 Å². The van der Waals surface area contributed by atoms with Gasteiger partial charge in [0, 0.05) is 18.9 Å². The average molecular weight is 437 g/mol. The molecule has 0 bridgehead atoms. The summed E-state index contributed by atoms with van der Waals surface area (Å²) in [6.07, 6.45) is 5.91. The van der Waals surface area contributed by atoms with Gasteiger partial charge in [-0.05, 0) is 30.5 Å². The van der Waals surface area contributed by atoms with Gasteiger partial charge in [-0.25, -0.2) is 8.42 Å². The molecule has 0 spiro atoms. The van der Waals surface area contributed by atoms with Crippen LogP contribution in [0.15, 0.2) is 84.1 Å². The molecule has 1 aliphatic heterocycles. The number of benzene rings is 2. The molecule has 160 valence electrons. The molecule has 1 aliphatic rings. The van der Waals surface area contributed by atoms with Crippen molar-refractivity contribution >= 4 is 15.9 Å². The lowest BCUT2D eigenvalue weighted by Crippen LogP contribution is -2.46. The van der Waals surface area contributed by atoms with Crippen LogP contribution in [0.4, 0.5) is 0 Å². The number of hydrogen-bond donors (Lipinski definition) is 1. The van der Waals surface area contributed by atoms with Crippen LogP contribution in [0.1, 0.15) is 30.1 Å². The van der Waals surface area contributed by atoms with E-state index < -0.39 is 15.9 Å². The molecule has 2 aromatic carbocycles. The monoisotopic (exact) mass is 436 g/mol. The highest BCUT2D eigenvalue weighted by Crippen LogP contribution is 2.37. The summed E-state index contributed by atoms with van der Waals surface area (Å²) in [5, 5.41) is 2.87. The number of hydrogen-bond acceptors (Lipinski definition) is 5. The topological polar surface area (TPSA) is 92.3 Å². The van der Waals surface area contributed by atoms with Crippen LogP contribution in [0.2, 0.25) is 0 Å². The van der Waals surface area contributed by atoms with Gasteiger partial charge in [0.05, 0.1) is 35.3 Å². The van der Waals surface area contributed by atoms with Gasteiger partial charge in [0.15, 0.2) is 0 Å². The van der Waals surface area contributed by atoms with Gasteiger partial charge in [-0.3, -0.25) is 14.8 Å². The van der Waals surface area contributed by atoms with E-state index in [9.17, 15) is 13.2 Å². The number of nitrogens with one attached hydrogen (secondary N) is 1. The van der Waals surface area contributed by atoms with E-state index >= 15 is 0 Å². The van der Waals surface area contributed by atoms with E-state index in [1.807, 2.05) is 30.3 Å². The van der Waals surface area contributed by atoms with Crippen molar-refractivity contribution in [3.8, 4) is 0 Å². The SMILES string of the molecule is O=C(NCc1cnccn1)[C@@H]1CC[C@H](c2ccccc2)N(S(=O)(=O)c2ccccc2)C1. The quantitative estimate of drug-likeness (QED) is 0.641. The molecule has 2 atom stereocenters. The van der Waals surface area contributed by atoms with Crippen molar-refractivity contribution in [1.29, 1.82) is 0 Å². The van der Waals surface area contributed by atoms with Crippen molar-refractivity contribution in [3.63, 3.8) is 0 Å². The number of piperidine rings is 1. The second-order valence-corrected chi connectivity index (χ2v) is 9.39. The van der Waals surface area contributed by atoms with Crippen LogP contribution < -0.4 is 5.32 Å². The summed E-state index contributed by atoms with van der Waals surface area (Å²) in [5.41, 5.74) is 1.59. The number of rotatable bonds is 6. The summed E-state index contributed by atoms with van der Waals surface area (Å²) in [5.74, 6) is -0.611. The lowest BCUT2D eigenvalue weighted by Gasteiger charge is -2.38. The summed E-state index contributed by atoms with van der Waals surface area (Å²) < 4.78 is 28.5. The summed E-state index contributed by atoms with van der Waals surface area (Å²) in [6.45, 7) is 0.389. The smallest absolute Gasteiger partial charge is 0.243 e. The predicted molar refractivity (Wildman–Crippen MR) is 116 cm³/mol. The number of carbonyl (C=O) groups is 1. The van der Waals surface area contributed by atoms with Crippen LogP contribution in [-0.4, -0.2) is 35.1 Å². The fourth-order valence-electron chi connectivity index (χ4n) is 3.90.